The molecular weight excluding hydrogens is 1410 g/mol. The molecule has 23 rings (SSSR count). The third-order valence-corrected chi connectivity index (χ3v) is 25.2. The fraction of sp³-hybridized carbons (Fsp3) is 0. The summed E-state index contributed by atoms with van der Waals surface area (Å²) in [6.07, 6.45) is 0. The zero-order valence-corrected chi connectivity index (χ0v) is 63.6. The lowest BCUT2D eigenvalue weighted by molar-refractivity contribution is 1.16. The van der Waals surface area contributed by atoms with Gasteiger partial charge >= 0.3 is 0 Å². The van der Waals surface area contributed by atoms with E-state index in [1.54, 1.807) is 0 Å². The Bertz CT molecular complexity index is 7210. The molecule has 0 amide bonds. The molecule has 0 atom stereocenters. The Balaban J connectivity index is 0.914. The van der Waals surface area contributed by atoms with E-state index in [-0.39, 0.29) is 6.71 Å². The molecule has 534 valence electrons. The van der Waals surface area contributed by atoms with E-state index in [0.29, 0.717) is 0 Å². The van der Waals surface area contributed by atoms with Crippen LogP contribution in [0.1, 0.15) is 0 Å². The highest BCUT2D eigenvalue weighted by molar-refractivity contribution is 7.25. The Kier molecular flexibility index (Phi) is 15.6. The summed E-state index contributed by atoms with van der Waals surface area (Å²) in [4.78, 5) is 5.46. The van der Waals surface area contributed by atoms with Crippen molar-refractivity contribution in [2.75, 3.05) is 9.80 Å². The fourth-order valence-corrected chi connectivity index (χ4v) is 20.2. The maximum atomic E-state index is 2.74. The zero-order valence-electron chi connectivity index (χ0n) is 62.7. The molecule has 0 radical (unpaired) electrons. The van der Waals surface area contributed by atoms with E-state index in [0.717, 1.165) is 134 Å². The van der Waals surface area contributed by atoms with Gasteiger partial charge in [-0.3, -0.25) is 0 Å². The Morgan fingerprint density at radius 3 is 0.957 bits per heavy atom. The summed E-state index contributed by atoms with van der Waals surface area (Å²) in [5.41, 5.74) is 34.0. The number of benzene rings is 19. The van der Waals surface area contributed by atoms with Crippen molar-refractivity contribution in [2.24, 2.45) is 0 Å². The number of rotatable bonds is 12. The minimum atomic E-state index is -0.315. The number of thiophene rings is 1. The highest BCUT2D eigenvalue weighted by atomic mass is 32.1. The highest BCUT2D eigenvalue weighted by Gasteiger charge is 2.46. The first-order valence-corrected chi connectivity index (χ1v) is 40.5. The summed E-state index contributed by atoms with van der Waals surface area (Å²) in [7, 11) is 0. The highest BCUT2D eigenvalue weighted by Crippen LogP contribution is 2.57. The van der Waals surface area contributed by atoms with Gasteiger partial charge < -0.3 is 14.4 Å². The second-order valence-electron chi connectivity index (χ2n) is 30.5. The maximum Gasteiger partial charge on any atom is 0.252 e. The Morgan fingerprint density at radius 2 is 0.522 bits per heavy atom. The van der Waals surface area contributed by atoms with Crippen molar-refractivity contribution in [3.8, 4) is 106 Å². The Labute approximate surface area is 672 Å². The molecule has 0 fully saturated rings. The first-order chi connectivity index (χ1) is 57.1. The quantitative estimate of drug-likeness (QED) is 0.0892. The molecule has 0 unspecified atom stereocenters. The van der Waals surface area contributed by atoms with Gasteiger partial charge in [0.1, 0.15) is 0 Å². The van der Waals surface area contributed by atoms with Gasteiger partial charge in [-0.2, -0.15) is 0 Å². The summed E-state index contributed by atoms with van der Waals surface area (Å²) >= 11 is 1.87. The first kappa shape index (κ1) is 66.2. The van der Waals surface area contributed by atoms with Crippen molar-refractivity contribution >= 4 is 132 Å². The SMILES string of the molecule is c1ccc(-c2cc(-c3ccccc3)c(N3c4cc(-c5ccc6c(c5)sc5ccccc56)ccc4B4c5ccc(-c6c7ccccc7c(-c7ccccc7)c7ccccc67)cc5N(c5c(-c6ccccc6)cc(-c6ccccc6)cc5-c5ccccc5)c5cc(-n6c7ccccc7c7ccccc76)cc3c54)c(-c3ccccc3)c2)cc1. The molecule has 5 heteroatoms. The molecule has 21 aromatic rings. The third kappa shape index (κ3) is 10.8. The molecule has 2 aliphatic rings. The van der Waals surface area contributed by atoms with Crippen LogP contribution in [0.15, 0.2) is 425 Å². The molecule has 4 heterocycles. The molecule has 0 aliphatic carbocycles. The second-order valence-corrected chi connectivity index (χ2v) is 31.6. The van der Waals surface area contributed by atoms with Crippen molar-refractivity contribution < 1.29 is 0 Å². The predicted octanol–water partition coefficient (Wildman–Crippen LogP) is 28.5. The van der Waals surface area contributed by atoms with Gasteiger partial charge in [-0.15, -0.1) is 11.3 Å². The topological polar surface area (TPSA) is 11.4 Å². The van der Waals surface area contributed by atoms with E-state index in [9.17, 15) is 0 Å². The number of para-hydroxylation sites is 2. The molecule has 0 spiro atoms. The monoisotopic (exact) mass is 1480 g/mol. The molecule has 2 aromatic heterocycles. The lowest BCUT2D eigenvalue weighted by Gasteiger charge is -2.46. The van der Waals surface area contributed by atoms with Crippen molar-refractivity contribution in [1.82, 2.24) is 4.57 Å². The van der Waals surface area contributed by atoms with Gasteiger partial charge in [0.05, 0.1) is 28.1 Å². The Hall–Kier alpha value is -14.6. The Morgan fingerprint density at radius 1 is 0.200 bits per heavy atom. The number of anilines is 6. The van der Waals surface area contributed by atoms with Crippen LogP contribution in [-0.4, -0.2) is 11.3 Å². The number of hydrogen-bond donors (Lipinski definition) is 0. The van der Waals surface area contributed by atoms with E-state index >= 15 is 0 Å². The molecule has 0 saturated carbocycles. The molecule has 19 aromatic carbocycles. The summed E-state index contributed by atoms with van der Waals surface area (Å²) < 4.78 is 5.11. The van der Waals surface area contributed by atoms with Crippen LogP contribution in [0, 0.1) is 0 Å². The lowest BCUT2D eigenvalue weighted by atomic mass is 9.33. The van der Waals surface area contributed by atoms with E-state index in [4.69, 9.17) is 0 Å². The van der Waals surface area contributed by atoms with Crippen LogP contribution in [0.2, 0.25) is 0 Å². The van der Waals surface area contributed by atoms with Crippen molar-refractivity contribution in [1.29, 1.82) is 0 Å². The van der Waals surface area contributed by atoms with Crippen LogP contribution in [0.3, 0.4) is 0 Å². The summed E-state index contributed by atoms with van der Waals surface area (Å²) in [5.74, 6) is 0. The van der Waals surface area contributed by atoms with E-state index < -0.39 is 0 Å². The molecule has 0 N–H and O–H groups in total. The van der Waals surface area contributed by atoms with Crippen molar-refractivity contribution in [2.45, 2.75) is 0 Å². The molecule has 3 nitrogen and oxygen atoms in total. The van der Waals surface area contributed by atoms with Crippen LogP contribution >= 0.6 is 11.3 Å². The number of hydrogen-bond acceptors (Lipinski definition) is 3. The molecule has 115 heavy (non-hydrogen) atoms. The predicted molar refractivity (Wildman–Crippen MR) is 492 cm³/mol. The maximum absolute atomic E-state index is 2.74. The second kappa shape index (κ2) is 27.1. The molecule has 2 aliphatic heterocycles. The normalized spacial score (nSPS) is 12.3. The molecule has 0 bridgehead atoms. The van der Waals surface area contributed by atoms with Gasteiger partial charge in [0.25, 0.3) is 6.71 Å². The first-order valence-electron chi connectivity index (χ1n) is 39.7. The summed E-state index contributed by atoms with van der Waals surface area (Å²) in [5, 5.41) is 9.76. The van der Waals surface area contributed by atoms with Gasteiger partial charge in [0.15, 0.2) is 0 Å². The van der Waals surface area contributed by atoms with Crippen LogP contribution in [0.4, 0.5) is 34.1 Å². The van der Waals surface area contributed by atoms with Gasteiger partial charge in [-0.05, 0) is 189 Å². The fourth-order valence-electron chi connectivity index (χ4n) is 19.1. The van der Waals surface area contributed by atoms with Crippen LogP contribution < -0.4 is 26.2 Å². The minimum Gasteiger partial charge on any atom is -0.310 e. The van der Waals surface area contributed by atoms with Crippen LogP contribution in [0.25, 0.3) is 169 Å². The van der Waals surface area contributed by atoms with Gasteiger partial charge in [0.2, 0.25) is 0 Å². The zero-order chi connectivity index (χ0) is 75.6. The standard InChI is InChI=1S/C110H70BN3S/c1-8-32-71(33-9-1)81-62-92(73-36-12-3-13-37-73)109(93(63-81)74-38-14-4-15-39-74)113-100-66-78(79-56-59-87-86-48-28-31-55-104(86)115-105(87)68-79)57-60-96(100)111-97-61-58-80(107-90-51-24-22-49-88(90)106(77-44-20-7-21-45-77)89-50-23-25-52-91(89)107)67-101(97)114(103-70-83(69-102(113)108(103)111)112-98-53-29-26-46-84(98)85-47-27-30-54-99(85)112)110-94(75-40-16-5-17-41-75)64-82(72-34-10-2-11-35-72)65-95(110)76-42-18-6-19-43-76/h1-70H. The van der Waals surface area contributed by atoms with E-state index in [2.05, 4.69) is 439 Å². The van der Waals surface area contributed by atoms with E-state index in [1.165, 1.54) is 85.6 Å². The third-order valence-electron chi connectivity index (χ3n) is 24.1. The molecular formula is C110H70BN3S. The number of nitrogens with zero attached hydrogens (tertiary/aromatic N) is 3. The van der Waals surface area contributed by atoms with Gasteiger partial charge in [-0.25, -0.2) is 0 Å². The summed E-state index contributed by atoms with van der Waals surface area (Å²) in [6, 6.07) is 160. The average Bonchev–Trinajstić information content (AvgIpc) is 0.777. The van der Waals surface area contributed by atoms with Crippen molar-refractivity contribution in [3.05, 3.63) is 425 Å². The number of aromatic nitrogens is 1. The lowest BCUT2D eigenvalue weighted by Crippen LogP contribution is -2.61. The largest absolute Gasteiger partial charge is 0.310 e. The van der Waals surface area contributed by atoms with Crippen LogP contribution in [0.5, 0.6) is 0 Å². The minimum absolute atomic E-state index is 0.315. The van der Waals surface area contributed by atoms with Gasteiger partial charge in [0, 0.05) is 75.9 Å². The number of fused-ring (bicyclic) bond motifs is 12. The molecule has 0 saturated heterocycles. The van der Waals surface area contributed by atoms with Crippen LogP contribution in [-0.2, 0) is 0 Å². The van der Waals surface area contributed by atoms with Crippen molar-refractivity contribution in [3.63, 3.8) is 0 Å². The van der Waals surface area contributed by atoms with Gasteiger partial charge in [-0.1, -0.05) is 352 Å². The average molecular weight is 1480 g/mol. The smallest absolute Gasteiger partial charge is 0.252 e. The summed E-state index contributed by atoms with van der Waals surface area (Å²) in [6.45, 7) is -0.315. The van der Waals surface area contributed by atoms with E-state index in [1.807, 2.05) is 11.3 Å².